The molecule has 26 heavy (non-hydrogen) atoms. The number of fused-ring (bicyclic) bond motifs is 1. The molecule has 0 spiro atoms. The van der Waals surface area contributed by atoms with Gasteiger partial charge in [-0.25, -0.2) is 4.39 Å². The highest BCUT2D eigenvalue weighted by Gasteiger charge is 2.32. The molecule has 0 N–H and O–H groups in total. The Kier molecular flexibility index (Phi) is 5.48. The van der Waals surface area contributed by atoms with Crippen molar-refractivity contribution in [3.8, 4) is 17.6 Å². The molecule has 0 aromatic heterocycles. The third-order valence-electron chi connectivity index (χ3n) is 6.49. The Hall–Kier alpha value is -1.56. The minimum absolute atomic E-state index is 0.0195. The predicted molar refractivity (Wildman–Crippen MR) is 98.9 cm³/mol. The minimum atomic E-state index is -0.820. The highest BCUT2D eigenvalue weighted by atomic mass is 19.2. The Morgan fingerprint density at radius 3 is 2.23 bits per heavy atom. The number of benzene rings is 1. The fourth-order valence-electron chi connectivity index (χ4n) is 4.85. The molecule has 0 amide bonds. The number of aryl methyl sites for hydroxylation is 1. The first kappa shape index (κ1) is 17.8. The van der Waals surface area contributed by atoms with Gasteiger partial charge in [0, 0.05) is 11.8 Å². The Morgan fingerprint density at radius 1 is 0.808 bits per heavy atom. The Balaban J connectivity index is 1.32. The lowest BCUT2D eigenvalue weighted by Crippen LogP contribution is -2.34. The quantitative estimate of drug-likeness (QED) is 0.555. The summed E-state index contributed by atoms with van der Waals surface area (Å²) in [6.45, 7) is 0. The highest BCUT2D eigenvalue weighted by Crippen LogP contribution is 2.39. The predicted octanol–water partition coefficient (Wildman–Crippen LogP) is 6.05. The molecule has 2 fully saturated rings. The van der Waals surface area contributed by atoms with E-state index in [0.717, 1.165) is 44.1 Å². The molecule has 1 nitrogen and oxygen atoms in total. The van der Waals surface area contributed by atoms with E-state index in [2.05, 4.69) is 11.8 Å². The molecule has 1 unspecified atom stereocenters. The molecule has 4 rings (SSSR count). The first-order valence-electron chi connectivity index (χ1n) is 10.4. The molecule has 1 aromatic carbocycles. The normalized spacial score (nSPS) is 29.2. The SMILES string of the molecule is Fc1ccc2c(c1F)OC(C1CCC(C#CC3CCCCC3)CC1)CC2. The van der Waals surface area contributed by atoms with Gasteiger partial charge in [-0.2, -0.15) is 4.39 Å². The van der Waals surface area contributed by atoms with E-state index in [9.17, 15) is 8.78 Å². The van der Waals surface area contributed by atoms with Crippen molar-refractivity contribution in [2.75, 3.05) is 0 Å². The van der Waals surface area contributed by atoms with E-state index < -0.39 is 11.6 Å². The lowest BCUT2D eigenvalue weighted by Gasteiger charge is -2.35. The summed E-state index contributed by atoms with van der Waals surface area (Å²) in [5, 5.41) is 0. The van der Waals surface area contributed by atoms with Gasteiger partial charge >= 0.3 is 0 Å². The summed E-state index contributed by atoms with van der Waals surface area (Å²) < 4.78 is 33.5. The first-order valence-corrected chi connectivity index (χ1v) is 10.4. The van der Waals surface area contributed by atoms with E-state index >= 15 is 0 Å². The van der Waals surface area contributed by atoms with Crippen molar-refractivity contribution in [1.29, 1.82) is 0 Å². The summed E-state index contributed by atoms with van der Waals surface area (Å²) in [4.78, 5) is 0. The van der Waals surface area contributed by atoms with E-state index in [1.165, 1.54) is 38.2 Å². The monoisotopic (exact) mass is 358 g/mol. The topological polar surface area (TPSA) is 9.23 Å². The van der Waals surface area contributed by atoms with Crippen LogP contribution in [-0.4, -0.2) is 6.10 Å². The molecule has 2 saturated carbocycles. The summed E-state index contributed by atoms with van der Waals surface area (Å²) in [5.74, 6) is 7.18. The maximum atomic E-state index is 14.0. The summed E-state index contributed by atoms with van der Waals surface area (Å²) in [6, 6.07) is 2.86. The van der Waals surface area contributed by atoms with Gasteiger partial charge in [0.05, 0.1) is 0 Å². The van der Waals surface area contributed by atoms with Crippen LogP contribution >= 0.6 is 0 Å². The molecule has 1 aromatic rings. The Labute approximate surface area is 155 Å². The Morgan fingerprint density at radius 2 is 1.50 bits per heavy atom. The molecular formula is C23H28F2O. The summed E-state index contributed by atoms with van der Waals surface area (Å²) in [6.07, 6.45) is 12.7. The second kappa shape index (κ2) is 7.99. The maximum Gasteiger partial charge on any atom is 0.200 e. The minimum Gasteiger partial charge on any atom is -0.487 e. The molecule has 0 saturated heterocycles. The van der Waals surface area contributed by atoms with Crippen molar-refractivity contribution in [3.05, 3.63) is 29.3 Å². The van der Waals surface area contributed by atoms with Crippen molar-refractivity contribution in [2.24, 2.45) is 17.8 Å². The van der Waals surface area contributed by atoms with Crippen molar-refractivity contribution in [2.45, 2.75) is 76.7 Å². The average Bonchev–Trinajstić information content (AvgIpc) is 2.70. The molecule has 1 heterocycles. The van der Waals surface area contributed by atoms with Crippen LogP contribution in [0.2, 0.25) is 0 Å². The number of ether oxygens (including phenoxy) is 1. The molecule has 3 heteroatoms. The highest BCUT2D eigenvalue weighted by molar-refractivity contribution is 5.37. The molecular weight excluding hydrogens is 330 g/mol. The van der Waals surface area contributed by atoms with Crippen LogP contribution in [0.1, 0.15) is 69.8 Å². The zero-order chi connectivity index (χ0) is 17.9. The molecule has 2 aliphatic carbocycles. The van der Waals surface area contributed by atoms with Gasteiger partial charge in [-0.1, -0.05) is 37.2 Å². The van der Waals surface area contributed by atoms with E-state index in [-0.39, 0.29) is 11.9 Å². The molecule has 3 aliphatic rings. The number of hydrogen-bond acceptors (Lipinski definition) is 1. The van der Waals surface area contributed by atoms with Gasteiger partial charge < -0.3 is 4.74 Å². The van der Waals surface area contributed by atoms with Crippen molar-refractivity contribution < 1.29 is 13.5 Å². The standard InChI is InChI=1S/C23H28F2O/c24-20-14-12-19-13-15-21(26-23(19)22(20)25)18-10-8-17(9-11-18)7-6-16-4-2-1-3-5-16/h12,14,16-18,21H,1-5,8-11,13,15H2. The lowest BCUT2D eigenvalue weighted by atomic mass is 9.77. The van der Waals surface area contributed by atoms with E-state index in [1.807, 2.05) is 0 Å². The second-order valence-electron chi connectivity index (χ2n) is 8.28. The molecule has 140 valence electrons. The largest absolute Gasteiger partial charge is 0.487 e. The fraction of sp³-hybridized carbons (Fsp3) is 0.652. The van der Waals surface area contributed by atoms with Crippen LogP contribution < -0.4 is 4.74 Å². The van der Waals surface area contributed by atoms with Crippen molar-refractivity contribution in [3.63, 3.8) is 0 Å². The molecule has 1 atom stereocenters. The van der Waals surface area contributed by atoms with E-state index in [4.69, 9.17) is 4.74 Å². The average molecular weight is 358 g/mol. The lowest BCUT2D eigenvalue weighted by molar-refractivity contribution is 0.0772. The summed E-state index contributed by atoms with van der Waals surface area (Å²) in [7, 11) is 0. The van der Waals surface area contributed by atoms with Crippen LogP contribution in [0, 0.1) is 41.2 Å². The number of halogens is 2. The van der Waals surface area contributed by atoms with Crippen LogP contribution in [0.3, 0.4) is 0 Å². The molecule has 0 bridgehead atoms. The summed E-state index contributed by atoms with van der Waals surface area (Å²) >= 11 is 0. The van der Waals surface area contributed by atoms with Gasteiger partial charge in [0.2, 0.25) is 5.82 Å². The molecule has 1 aliphatic heterocycles. The smallest absolute Gasteiger partial charge is 0.200 e. The zero-order valence-corrected chi connectivity index (χ0v) is 15.4. The van der Waals surface area contributed by atoms with Crippen LogP contribution in [0.5, 0.6) is 5.75 Å². The number of hydrogen-bond donors (Lipinski definition) is 0. The van der Waals surface area contributed by atoms with Crippen molar-refractivity contribution in [1.82, 2.24) is 0 Å². The zero-order valence-electron chi connectivity index (χ0n) is 15.4. The van der Waals surface area contributed by atoms with Gasteiger partial charge in [-0.15, -0.1) is 0 Å². The van der Waals surface area contributed by atoms with Crippen LogP contribution in [-0.2, 0) is 6.42 Å². The van der Waals surface area contributed by atoms with Crippen LogP contribution in [0.25, 0.3) is 0 Å². The van der Waals surface area contributed by atoms with Gasteiger partial charge in [0.25, 0.3) is 0 Å². The van der Waals surface area contributed by atoms with Crippen molar-refractivity contribution >= 4 is 0 Å². The number of rotatable bonds is 1. The van der Waals surface area contributed by atoms with Crippen LogP contribution in [0.15, 0.2) is 12.1 Å². The first-order chi connectivity index (χ1) is 12.7. The van der Waals surface area contributed by atoms with E-state index in [1.54, 1.807) is 6.07 Å². The summed E-state index contributed by atoms with van der Waals surface area (Å²) in [5.41, 5.74) is 0.798. The van der Waals surface area contributed by atoms with Gasteiger partial charge in [0.1, 0.15) is 6.10 Å². The fourth-order valence-corrected chi connectivity index (χ4v) is 4.85. The van der Waals surface area contributed by atoms with Gasteiger partial charge in [-0.05, 0) is 68.9 Å². The third-order valence-corrected chi connectivity index (χ3v) is 6.49. The second-order valence-corrected chi connectivity index (χ2v) is 8.28. The van der Waals surface area contributed by atoms with Gasteiger partial charge in [0.15, 0.2) is 11.6 Å². The van der Waals surface area contributed by atoms with Crippen LogP contribution in [0.4, 0.5) is 8.78 Å². The molecule has 0 radical (unpaired) electrons. The van der Waals surface area contributed by atoms with E-state index in [0.29, 0.717) is 17.8 Å². The third kappa shape index (κ3) is 3.90. The maximum absolute atomic E-state index is 14.0. The Bertz CT molecular complexity index is 688. The van der Waals surface area contributed by atoms with Gasteiger partial charge in [-0.3, -0.25) is 0 Å².